The number of benzene rings is 2. The molecular formula is C18H17F4NO. The number of carbonyl (C=O) groups excluding carboxylic acids is 1. The topological polar surface area (TPSA) is 29.1 Å². The van der Waals surface area contributed by atoms with E-state index in [1.54, 1.807) is 32.0 Å². The Morgan fingerprint density at radius 2 is 1.58 bits per heavy atom. The number of halogens is 4. The molecule has 0 aliphatic carbocycles. The van der Waals surface area contributed by atoms with Crippen LogP contribution in [-0.4, -0.2) is 12.5 Å². The number of alkyl halides is 3. The molecule has 0 atom stereocenters. The van der Waals surface area contributed by atoms with Crippen molar-refractivity contribution < 1.29 is 22.4 Å². The van der Waals surface area contributed by atoms with Crippen LogP contribution in [0.15, 0.2) is 48.5 Å². The number of carbonyl (C=O) groups is 1. The quantitative estimate of drug-likeness (QED) is 0.814. The summed E-state index contributed by atoms with van der Waals surface area (Å²) in [6, 6.07) is 10.2. The number of amides is 1. The van der Waals surface area contributed by atoms with Gasteiger partial charge in [0.25, 0.3) is 5.91 Å². The molecule has 24 heavy (non-hydrogen) atoms. The molecule has 1 N–H and O–H groups in total. The molecule has 2 aromatic carbocycles. The molecule has 0 radical (unpaired) electrons. The summed E-state index contributed by atoms with van der Waals surface area (Å²) in [4.78, 5) is 12.1. The minimum absolute atomic E-state index is 0.118. The molecule has 0 unspecified atom stereocenters. The molecule has 2 aromatic rings. The summed E-state index contributed by atoms with van der Waals surface area (Å²) in [6.45, 7) is 3.70. The number of hydrogen-bond donors (Lipinski definition) is 1. The van der Waals surface area contributed by atoms with E-state index in [1.807, 2.05) is 0 Å². The van der Waals surface area contributed by atoms with Gasteiger partial charge in [-0.2, -0.15) is 13.2 Å². The fourth-order valence-electron chi connectivity index (χ4n) is 2.32. The van der Waals surface area contributed by atoms with Crippen molar-refractivity contribution in [1.82, 2.24) is 5.32 Å². The molecule has 2 rings (SSSR count). The Balaban J connectivity index is 2.06. The minimum atomic E-state index is -4.44. The fraction of sp³-hybridized carbons (Fsp3) is 0.278. The highest BCUT2D eigenvalue weighted by Crippen LogP contribution is 2.29. The number of hydrogen-bond acceptors (Lipinski definition) is 1. The molecule has 128 valence electrons. The summed E-state index contributed by atoms with van der Waals surface area (Å²) in [7, 11) is 0. The summed E-state index contributed by atoms with van der Waals surface area (Å²) in [5.74, 6) is -0.876. The van der Waals surface area contributed by atoms with E-state index in [1.165, 1.54) is 6.07 Å². The third kappa shape index (κ3) is 4.13. The van der Waals surface area contributed by atoms with E-state index >= 15 is 0 Å². The molecule has 0 bridgehead atoms. The Morgan fingerprint density at radius 3 is 2.12 bits per heavy atom. The Hall–Kier alpha value is -2.37. The lowest BCUT2D eigenvalue weighted by molar-refractivity contribution is -0.137. The van der Waals surface area contributed by atoms with Gasteiger partial charge in [0.1, 0.15) is 5.82 Å². The van der Waals surface area contributed by atoms with Crippen molar-refractivity contribution in [2.45, 2.75) is 25.4 Å². The van der Waals surface area contributed by atoms with Crippen LogP contribution in [0.25, 0.3) is 0 Å². The van der Waals surface area contributed by atoms with Gasteiger partial charge in [-0.3, -0.25) is 4.79 Å². The average Bonchev–Trinajstić information content (AvgIpc) is 2.52. The largest absolute Gasteiger partial charge is 0.416 e. The van der Waals surface area contributed by atoms with Crippen LogP contribution in [0.5, 0.6) is 0 Å². The van der Waals surface area contributed by atoms with E-state index in [4.69, 9.17) is 0 Å². The lowest BCUT2D eigenvalue weighted by atomic mass is 9.84. The fourth-order valence-corrected chi connectivity index (χ4v) is 2.32. The Labute approximate surface area is 137 Å². The highest BCUT2D eigenvalue weighted by atomic mass is 19.4. The zero-order valence-corrected chi connectivity index (χ0v) is 13.2. The Kier molecular flexibility index (Phi) is 4.96. The molecular weight excluding hydrogens is 322 g/mol. The van der Waals surface area contributed by atoms with E-state index in [2.05, 4.69) is 5.32 Å². The van der Waals surface area contributed by atoms with Gasteiger partial charge >= 0.3 is 6.18 Å². The maximum Gasteiger partial charge on any atom is 0.416 e. The van der Waals surface area contributed by atoms with Crippen molar-refractivity contribution >= 4 is 5.91 Å². The van der Waals surface area contributed by atoms with Crippen molar-refractivity contribution in [2.24, 2.45) is 0 Å². The van der Waals surface area contributed by atoms with Gasteiger partial charge in [0.05, 0.1) is 5.56 Å². The highest BCUT2D eigenvalue weighted by molar-refractivity contribution is 5.94. The van der Waals surface area contributed by atoms with Gasteiger partial charge in [0, 0.05) is 17.5 Å². The van der Waals surface area contributed by atoms with Crippen LogP contribution in [0.1, 0.15) is 35.3 Å². The predicted octanol–water partition coefficient (Wildman–Crippen LogP) is 4.55. The predicted molar refractivity (Wildman–Crippen MR) is 83.2 cm³/mol. The molecule has 0 aliphatic heterocycles. The smallest absolute Gasteiger partial charge is 0.351 e. The van der Waals surface area contributed by atoms with Gasteiger partial charge in [0.2, 0.25) is 0 Å². The first-order chi connectivity index (χ1) is 11.1. The van der Waals surface area contributed by atoms with Gasteiger partial charge < -0.3 is 5.32 Å². The first-order valence-corrected chi connectivity index (χ1v) is 7.32. The van der Waals surface area contributed by atoms with E-state index in [0.29, 0.717) is 5.56 Å². The molecule has 0 heterocycles. The average molecular weight is 339 g/mol. The van der Waals surface area contributed by atoms with Gasteiger partial charge in [-0.1, -0.05) is 32.0 Å². The van der Waals surface area contributed by atoms with Crippen molar-refractivity contribution in [3.63, 3.8) is 0 Å². The Bertz CT molecular complexity index is 721. The second kappa shape index (κ2) is 6.63. The van der Waals surface area contributed by atoms with Crippen LogP contribution in [0.3, 0.4) is 0 Å². The van der Waals surface area contributed by atoms with Crippen LogP contribution in [0.2, 0.25) is 0 Å². The minimum Gasteiger partial charge on any atom is -0.351 e. The molecule has 0 fully saturated rings. The van der Waals surface area contributed by atoms with Crippen LogP contribution in [0, 0.1) is 5.82 Å². The van der Waals surface area contributed by atoms with Crippen molar-refractivity contribution in [2.75, 3.05) is 6.54 Å². The van der Waals surface area contributed by atoms with Crippen molar-refractivity contribution in [1.29, 1.82) is 0 Å². The van der Waals surface area contributed by atoms with Gasteiger partial charge in [-0.15, -0.1) is 0 Å². The van der Waals surface area contributed by atoms with Crippen LogP contribution >= 0.6 is 0 Å². The van der Waals surface area contributed by atoms with Crippen LogP contribution < -0.4 is 5.32 Å². The van der Waals surface area contributed by atoms with Crippen LogP contribution in [-0.2, 0) is 11.6 Å². The SMILES string of the molecule is CC(C)(CNC(=O)c1ccc(C(F)(F)F)cc1)c1ccccc1F. The van der Waals surface area contributed by atoms with E-state index in [0.717, 1.165) is 24.3 Å². The zero-order valence-electron chi connectivity index (χ0n) is 13.2. The third-order valence-electron chi connectivity index (χ3n) is 3.77. The second-order valence-electron chi connectivity index (χ2n) is 6.12. The summed E-state index contributed by atoms with van der Waals surface area (Å²) in [5, 5.41) is 2.64. The maximum atomic E-state index is 13.9. The lowest BCUT2D eigenvalue weighted by Crippen LogP contribution is -2.37. The normalized spacial score (nSPS) is 12.1. The highest BCUT2D eigenvalue weighted by Gasteiger charge is 2.30. The standard InChI is InChI=1S/C18H17F4NO/c1-17(2,14-5-3-4-6-15(14)19)11-23-16(24)12-7-9-13(10-8-12)18(20,21)22/h3-10H,11H2,1-2H3,(H,23,24). The molecule has 1 amide bonds. The summed E-state index contributed by atoms with van der Waals surface area (Å²) >= 11 is 0. The number of nitrogens with one attached hydrogen (secondary N) is 1. The molecule has 0 aromatic heterocycles. The van der Waals surface area contributed by atoms with Crippen LogP contribution in [0.4, 0.5) is 17.6 Å². The number of rotatable bonds is 4. The van der Waals surface area contributed by atoms with Gasteiger partial charge in [-0.25, -0.2) is 4.39 Å². The molecule has 6 heteroatoms. The van der Waals surface area contributed by atoms with Crippen molar-refractivity contribution in [3.8, 4) is 0 Å². The third-order valence-corrected chi connectivity index (χ3v) is 3.77. The summed E-state index contributed by atoms with van der Waals surface area (Å²) in [6.07, 6.45) is -4.44. The molecule has 0 aliphatic rings. The maximum absolute atomic E-state index is 13.9. The Morgan fingerprint density at radius 1 is 1.00 bits per heavy atom. The molecule has 0 saturated heterocycles. The van der Waals surface area contributed by atoms with E-state index in [-0.39, 0.29) is 17.9 Å². The first-order valence-electron chi connectivity index (χ1n) is 7.32. The summed E-state index contributed by atoms with van der Waals surface area (Å²) < 4.78 is 51.4. The second-order valence-corrected chi connectivity index (χ2v) is 6.12. The zero-order chi connectivity index (χ0) is 18.0. The van der Waals surface area contributed by atoms with Gasteiger partial charge in [0.15, 0.2) is 0 Å². The summed E-state index contributed by atoms with van der Waals surface area (Å²) in [5.41, 5.74) is -0.900. The van der Waals surface area contributed by atoms with E-state index in [9.17, 15) is 22.4 Å². The molecule has 2 nitrogen and oxygen atoms in total. The van der Waals surface area contributed by atoms with E-state index < -0.39 is 23.1 Å². The molecule has 0 saturated carbocycles. The van der Waals surface area contributed by atoms with Gasteiger partial charge in [-0.05, 0) is 35.9 Å². The first kappa shape index (κ1) is 18.0. The lowest BCUT2D eigenvalue weighted by Gasteiger charge is -2.26. The monoisotopic (exact) mass is 339 g/mol. The van der Waals surface area contributed by atoms with Crippen molar-refractivity contribution in [3.05, 3.63) is 71.0 Å². The molecule has 0 spiro atoms.